The fraction of sp³-hybridized carbons (Fsp3) is 0. The molecule has 2 aromatic carbocycles. The van der Waals surface area contributed by atoms with Crippen LogP contribution in [0, 0.1) is 10.1 Å². The van der Waals surface area contributed by atoms with Crippen LogP contribution in [0.5, 0.6) is 0 Å². The van der Waals surface area contributed by atoms with Crippen molar-refractivity contribution in [1.82, 2.24) is 15.3 Å². The fourth-order valence-corrected chi connectivity index (χ4v) is 2.29. The second-order valence-corrected chi connectivity index (χ2v) is 5.17. The maximum absolute atomic E-state index is 10.7. The number of hydrogen-bond donors (Lipinski definition) is 0. The van der Waals surface area contributed by atoms with Crippen molar-refractivity contribution >= 4 is 5.69 Å². The highest BCUT2D eigenvalue weighted by atomic mass is 16.6. The van der Waals surface area contributed by atoms with Crippen LogP contribution >= 0.6 is 0 Å². The topological polar surface area (TPSA) is 108 Å². The highest BCUT2D eigenvalue weighted by Gasteiger charge is 2.16. The Hall–Kier alpha value is -3.81. The van der Waals surface area contributed by atoms with Crippen LogP contribution in [0.15, 0.2) is 69.7 Å². The molecule has 2 aromatic heterocycles. The minimum absolute atomic E-state index is 0.00327. The molecule has 0 N–H and O–H groups in total. The fourth-order valence-electron chi connectivity index (χ4n) is 2.29. The van der Waals surface area contributed by atoms with Gasteiger partial charge in [-0.15, -0.1) is 0 Å². The van der Waals surface area contributed by atoms with E-state index in [1.54, 1.807) is 18.2 Å². The Morgan fingerprint density at radius 1 is 0.880 bits per heavy atom. The van der Waals surface area contributed by atoms with Gasteiger partial charge in [-0.25, -0.2) is 0 Å². The van der Waals surface area contributed by atoms with Crippen LogP contribution in [-0.2, 0) is 0 Å². The van der Waals surface area contributed by atoms with Gasteiger partial charge in [0.25, 0.3) is 11.6 Å². The lowest BCUT2D eigenvalue weighted by atomic mass is 10.1. The first-order valence-electron chi connectivity index (χ1n) is 7.32. The molecule has 25 heavy (non-hydrogen) atoms. The van der Waals surface area contributed by atoms with Gasteiger partial charge in [0, 0.05) is 29.3 Å². The van der Waals surface area contributed by atoms with E-state index in [0.29, 0.717) is 22.8 Å². The maximum atomic E-state index is 10.7. The summed E-state index contributed by atoms with van der Waals surface area (Å²) in [5.41, 5.74) is 1.90. The van der Waals surface area contributed by atoms with E-state index in [2.05, 4.69) is 15.3 Å². The zero-order valence-corrected chi connectivity index (χ0v) is 12.7. The van der Waals surface area contributed by atoms with Gasteiger partial charge in [-0.2, -0.15) is 4.98 Å². The Balaban J connectivity index is 1.61. The number of nitro groups is 1. The lowest BCUT2D eigenvalue weighted by molar-refractivity contribution is -0.384. The van der Waals surface area contributed by atoms with Gasteiger partial charge in [0.15, 0.2) is 11.5 Å². The van der Waals surface area contributed by atoms with Crippen molar-refractivity contribution in [3.8, 4) is 34.3 Å². The predicted octanol–water partition coefficient (Wildman–Crippen LogP) is 3.97. The summed E-state index contributed by atoms with van der Waals surface area (Å²) in [4.78, 5) is 14.5. The van der Waals surface area contributed by atoms with E-state index < -0.39 is 4.92 Å². The first kappa shape index (κ1) is 14.8. The van der Waals surface area contributed by atoms with Crippen molar-refractivity contribution in [2.24, 2.45) is 0 Å². The smallest absolute Gasteiger partial charge is 0.280 e. The normalized spacial score (nSPS) is 10.7. The summed E-state index contributed by atoms with van der Waals surface area (Å²) in [6.07, 6.45) is 0. The third kappa shape index (κ3) is 2.88. The van der Waals surface area contributed by atoms with Gasteiger partial charge in [0.05, 0.1) is 4.92 Å². The highest BCUT2D eigenvalue weighted by Crippen LogP contribution is 2.27. The Labute approximate surface area is 140 Å². The number of non-ortho nitro benzene ring substituents is 1. The summed E-state index contributed by atoms with van der Waals surface area (Å²) in [5, 5.41) is 18.5. The molecule has 0 fully saturated rings. The van der Waals surface area contributed by atoms with Crippen LogP contribution < -0.4 is 0 Å². The van der Waals surface area contributed by atoms with E-state index in [0.717, 1.165) is 5.56 Å². The van der Waals surface area contributed by atoms with Gasteiger partial charge in [-0.3, -0.25) is 10.1 Å². The predicted molar refractivity (Wildman–Crippen MR) is 87.3 cm³/mol. The van der Waals surface area contributed by atoms with E-state index in [4.69, 9.17) is 9.05 Å². The molecule has 0 atom stereocenters. The molecule has 4 rings (SSSR count). The van der Waals surface area contributed by atoms with E-state index >= 15 is 0 Å². The van der Waals surface area contributed by atoms with Gasteiger partial charge in [-0.1, -0.05) is 40.6 Å². The Kier molecular flexibility index (Phi) is 3.55. The third-order valence-electron chi connectivity index (χ3n) is 3.55. The highest BCUT2D eigenvalue weighted by molar-refractivity contribution is 5.64. The van der Waals surface area contributed by atoms with Gasteiger partial charge in [-0.05, 0) is 12.1 Å². The van der Waals surface area contributed by atoms with E-state index in [9.17, 15) is 10.1 Å². The number of aromatic nitrogens is 3. The van der Waals surface area contributed by atoms with Crippen LogP contribution in [0.1, 0.15) is 0 Å². The Morgan fingerprint density at radius 2 is 1.64 bits per heavy atom. The molecule has 0 radical (unpaired) electrons. The largest absolute Gasteiger partial charge is 0.355 e. The quantitative estimate of drug-likeness (QED) is 0.410. The minimum atomic E-state index is -0.466. The van der Waals surface area contributed by atoms with Crippen molar-refractivity contribution < 1.29 is 14.0 Å². The van der Waals surface area contributed by atoms with Gasteiger partial charge < -0.3 is 9.05 Å². The molecule has 0 aliphatic carbocycles. The average Bonchev–Trinajstić information content (AvgIpc) is 3.32. The van der Waals surface area contributed by atoms with Crippen LogP contribution in [0.2, 0.25) is 0 Å². The van der Waals surface area contributed by atoms with Crippen molar-refractivity contribution in [2.45, 2.75) is 0 Å². The van der Waals surface area contributed by atoms with Crippen molar-refractivity contribution in [3.63, 3.8) is 0 Å². The Morgan fingerprint density at radius 3 is 2.36 bits per heavy atom. The molecular formula is C17H10N4O4. The number of nitro benzene ring substituents is 1. The molecule has 8 heteroatoms. The molecule has 0 aliphatic heterocycles. The molecular weight excluding hydrogens is 324 g/mol. The Bertz CT molecular complexity index is 1020. The molecule has 122 valence electrons. The third-order valence-corrected chi connectivity index (χ3v) is 3.55. The van der Waals surface area contributed by atoms with Crippen LogP contribution in [0.25, 0.3) is 34.3 Å². The van der Waals surface area contributed by atoms with Crippen molar-refractivity contribution in [2.75, 3.05) is 0 Å². The minimum Gasteiger partial charge on any atom is -0.355 e. The number of nitrogens with zero attached hydrogens (tertiary/aromatic N) is 4. The van der Waals surface area contributed by atoms with Gasteiger partial charge in [0.2, 0.25) is 5.82 Å². The standard InChI is InChI=1S/C17H10N4O4/c22-21(23)13-8-6-12(7-9-13)16-18-17(25-20-16)14-10-15(24-19-14)11-4-2-1-3-5-11/h1-10H. The van der Waals surface area contributed by atoms with E-state index in [1.165, 1.54) is 12.1 Å². The first-order valence-corrected chi connectivity index (χ1v) is 7.32. The lowest BCUT2D eigenvalue weighted by Gasteiger charge is -1.93. The maximum Gasteiger partial charge on any atom is 0.280 e. The zero-order chi connectivity index (χ0) is 17.2. The summed E-state index contributed by atoms with van der Waals surface area (Å²) < 4.78 is 10.5. The number of benzene rings is 2. The summed E-state index contributed by atoms with van der Waals surface area (Å²) in [6, 6.07) is 17.1. The molecule has 8 nitrogen and oxygen atoms in total. The molecule has 0 unspecified atom stereocenters. The van der Waals surface area contributed by atoms with Crippen LogP contribution in [0.3, 0.4) is 0 Å². The van der Waals surface area contributed by atoms with Gasteiger partial charge in [0.1, 0.15) is 0 Å². The number of hydrogen-bond acceptors (Lipinski definition) is 7. The molecule has 0 saturated carbocycles. The van der Waals surface area contributed by atoms with E-state index in [1.807, 2.05) is 30.3 Å². The zero-order valence-electron chi connectivity index (χ0n) is 12.7. The second-order valence-electron chi connectivity index (χ2n) is 5.17. The summed E-state index contributed by atoms with van der Waals surface area (Å²) in [7, 11) is 0. The van der Waals surface area contributed by atoms with Crippen molar-refractivity contribution in [3.05, 3.63) is 70.8 Å². The monoisotopic (exact) mass is 334 g/mol. The van der Waals surface area contributed by atoms with Crippen molar-refractivity contribution in [1.29, 1.82) is 0 Å². The molecule has 0 aliphatic rings. The summed E-state index contributed by atoms with van der Waals surface area (Å²) in [6.45, 7) is 0. The molecule has 0 spiro atoms. The van der Waals surface area contributed by atoms with Gasteiger partial charge >= 0.3 is 0 Å². The van der Waals surface area contributed by atoms with Crippen LogP contribution in [0.4, 0.5) is 5.69 Å². The molecule has 0 amide bonds. The first-order chi connectivity index (χ1) is 12.2. The van der Waals surface area contributed by atoms with E-state index in [-0.39, 0.29) is 11.6 Å². The van der Waals surface area contributed by atoms with Crippen LogP contribution in [-0.4, -0.2) is 20.2 Å². The average molecular weight is 334 g/mol. The molecule has 2 heterocycles. The molecule has 4 aromatic rings. The molecule has 0 bridgehead atoms. The number of rotatable bonds is 4. The summed E-state index contributed by atoms with van der Waals surface area (Å²) in [5.74, 6) is 1.11. The SMILES string of the molecule is O=[N+]([O-])c1ccc(-c2noc(-c3cc(-c4ccccc4)on3)n2)cc1. The second kappa shape index (κ2) is 6.00. The molecule has 0 saturated heterocycles. The summed E-state index contributed by atoms with van der Waals surface area (Å²) >= 11 is 0. The lowest BCUT2D eigenvalue weighted by Crippen LogP contribution is -1.87.